The summed E-state index contributed by atoms with van der Waals surface area (Å²) in [6.07, 6.45) is 2.25. The van der Waals surface area contributed by atoms with E-state index in [1.54, 1.807) is 0 Å². The molecule has 0 aliphatic rings. The molecule has 2 N–H and O–H groups in total. The first-order valence-corrected chi connectivity index (χ1v) is 6.20. The summed E-state index contributed by atoms with van der Waals surface area (Å²) >= 11 is 0. The maximum Gasteiger partial charge on any atom is 0.222 e. The van der Waals surface area contributed by atoms with Crippen molar-refractivity contribution < 1.29 is 9.53 Å². The molecule has 0 heterocycles. The average molecular weight is 230 g/mol. The van der Waals surface area contributed by atoms with Crippen molar-refractivity contribution in [3.8, 4) is 0 Å². The number of hydrogen-bond donors (Lipinski definition) is 1. The van der Waals surface area contributed by atoms with Crippen LogP contribution < -0.4 is 5.73 Å². The highest BCUT2D eigenvalue weighted by atomic mass is 16.5. The molecule has 0 aromatic heterocycles. The first-order chi connectivity index (χ1) is 7.63. The second kappa shape index (κ2) is 9.60. The van der Waals surface area contributed by atoms with Gasteiger partial charge in [0.1, 0.15) is 0 Å². The molecule has 4 heteroatoms. The smallest absolute Gasteiger partial charge is 0.222 e. The van der Waals surface area contributed by atoms with Gasteiger partial charge in [0.25, 0.3) is 0 Å². The Bertz CT molecular complexity index is 184. The van der Waals surface area contributed by atoms with Crippen LogP contribution in [-0.4, -0.2) is 43.2 Å². The highest BCUT2D eigenvalue weighted by molar-refractivity contribution is 5.76. The first kappa shape index (κ1) is 15.4. The Kier molecular flexibility index (Phi) is 9.24. The minimum Gasteiger partial charge on any atom is -0.382 e. The van der Waals surface area contributed by atoms with Crippen LogP contribution in [0.2, 0.25) is 0 Å². The largest absolute Gasteiger partial charge is 0.382 e. The lowest BCUT2D eigenvalue weighted by atomic mass is 10.2. The van der Waals surface area contributed by atoms with Crippen molar-refractivity contribution in [1.29, 1.82) is 0 Å². The topological polar surface area (TPSA) is 55.6 Å². The van der Waals surface area contributed by atoms with Crippen LogP contribution in [-0.2, 0) is 9.53 Å². The zero-order chi connectivity index (χ0) is 12.4. The summed E-state index contributed by atoms with van der Waals surface area (Å²) in [6.45, 7) is 8.83. The number of carbonyl (C=O) groups is 1. The maximum absolute atomic E-state index is 11.9. The molecular formula is C12H26N2O2. The molecule has 0 aromatic carbocycles. The van der Waals surface area contributed by atoms with E-state index in [9.17, 15) is 4.79 Å². The standard InChI is InChI=1S/C12H26N2O2/c1-4-16-10-5-7-12(15)14(11(2)3)9-6-8-13/h11H,4-10,13H2,1-3H3. The molecule has 0 atom stereocenters. The van der Waals surface area contributed by atoms with E-state index in [1.807, 2.05) is 25.7 Å². The molecule has 0 bridgehead atoms. The van der Waals surface area contributed by atoms with Crippen molar-refractivity contribution in [1.82, 2.24) is 4.90 Å². The van der Waals surface area contributed by atoms with Gasteiger partial charge in [-0.25, -0.2) is 0 Å². The number of ether oxygens (including phenoxy) is 1. The molecule has 0 radical (unpaired) electrons. The number of hydrogen-bond acceptors (Lipinski definition) is 3. The molecule has 0 aliphatic carbocycles. The van der Waals surface area contributed by atoms with Gasteiger partial charge in [-0.05, 0) is 40.2 Å². The van der Waals surface area contributed by atoms with Gasteiger partial charge in [-0.3, -0.25) is 4.79 Å². The van der Waals surface area contributed by atoms with Gasteiger partial charge in [0.05, 0.1) is 0 Å². The van der Waals surface area contributed by atoms with Crippen molar-refractivity contribution in [3.63, 3.8) is 0 Å². The van der Waals surface area contributed by atoms with Crippen molar-refractivity contribution >= 4 is 5.91 Å². The molecule has 0 saturated heterocycles. The van der Waals surface area contributed by atoms with Crippen molar-refractivity contribution in [2.24, 2.45) is 5.73 Å². The van der Waals surface area contributed by atoms with Crippen LogP contribution in [0.5, 0.6) is 0 Å². The fourth-order valence-electron chi connectivity index (χ4n) is 1.55. The summed E-state index contributed by atoms with van der Waals surface area (Å²) in [6, 6.07) is 0.256. The third kappa shape index (κ3) is 6.80. The van der Waals surface area contributed by atoms with Gasteiger partial charge in [-0.2, -0.15) is 0 Å². The predicted octanol–water partition coefficient (Wildman–Crippen LogP) is 1.39. The number of nitrogens with zero attached hydrogens (tertiary/aromatic N) is 1. The Labute approximate surface area is 99.1 Å². The molecule has 96 valence electrons. The van der Waals surface area contributed by atoms with Gasteiger partial charge in [-0.15, -0.1) is 0 Å². The fraction of sp³-hybridized carbons (Fsp3) is 0.917. The Morgan fingerprint density at radius 1 is 1.38 bits per heavy atom. The van der Waals surface area contributed by atoms with Gasteiger partial charge in [0.2, 0.25) is 5.91 Å². The van der Waals surface area contributed by atoms with Crippen LogP contribution in [0.1, 0.15) is 40.0 Å². The fourth-order valence-corrected chi connectivity index (χ4v) is 1.55. The summed E-state index contributed by atoms with van der Waals surface area (Å²) in [4.78, 5) is 13.8. The molecular weight excluding hydrogens is 204 g/mol. The Hall–Kier alpha value is -0.610. The van der Waals surface area contributed by atoms with Gasteiger partial charge < -0.3 is 15.4 Å². The lowest BCUT2D eigenvalue weighted by Gasteiger charge is -2.26. The minimum atomic E-state index is 0.211. The van der Waals surface area contributed by atoms with Gasteiger partial charge in [-0.1, -0.05) is 0 Å². The van der Waals surface area contributed by atoms with Crippen molar-refractivity contribution in [2.75, 3.05) is 26.3 Å². The van der Waals surface area contributed by atoms with Crippen LogP contribution in [0, 0.1) is 0 Å². The predicted molar refractivity (Wildman–Crippen MR) is 66.2 cm³/mol. The van der Waals surface area contributed by atoms with Crippen LogP contribution in [0.15, 0.2) is 0 Å². The highest BCUT2D eigenvalue weighted by Gasteiger charge is 2.15. The summed E-state index contributed by atoms with van der Waals surface area (Å²) < 4.78 is 5.21. The van der Waals surface area contributed by atoms with E-state index in [0.29, 0.717) is 19.6 Å². The number of nitrogens with two attached hydrogens (primary N) is 1. The molecule has 0 fully saturated rings. The second-order valence-electron chi connectivity index (χ2n) is 4.12. The van der Waals surface area contributed by atoms with Crippen molar-refractivity contribution in [2.45, 2.75) is 46.1 Å². The average Bonchev–Trinajstić information content (AvgIpc) is 2.24. The monoisotopic (exact) mass is 230 g/mol. The first-order valence-electron chi connectivity index (χ1n) is 6.20. The van der Waals surface area contributed by atoms with E-state index in [2.05, 4.69) is 0 Å². The van der Waals surface area contributed by atoms with Crippen LogP contribution >= 0.6 is 0 Å². The number of carbonyl (C=O) groups excluding carboxylic acids is 1. The van der Waals surface area contributed by atoms with E-state index in [0.717, 1.165) is 26.0 Å². The molecule has 0 rings (SSSR count). The molecule has 0 unspecified atom stereocenters. The van der Waals surface area contributed by atoms with E-state index in [4.69, 9.17) is 10.5 Å². The molecule has 0 spiro atoms. The van der Waals surface area contributed by atoms with Crippen LogP contribution in [0.4, 0.5) is 0 Å². The molecule has 1 amide bonds. The molecule has 16 heavy (non-hydrogen) atoms. The summed E-state index contributed by atoms with van der Waals surface area (Å²) in [5.74, 6) is 0.211. The van der Waals surface area contributed by atoms with Gasteiger partial charge >= 0.3 is 0 Å². The number of rotatable bonds is 9. The van der Waals surface area contributed by atoms with Gasteiger partial charge in [0, 0.05) is 32.2 Å². The molecule has 0 aromatic rings. The van der Waals surface area contributed by atoms with E-state index >= 15 is 0 Å². The SMILES string of the molecule is CCOCCCC(=O)N(CCCN)C(C)C. The van der Waals surface area contributed by atoms with E-state index in [1.165, 1.54) is 0 Å². The molecule has 0 aliphatic heterocycles. The lowest BCUT2D eigenvalue weighted by molar-refractivity contribution is -0.133. The molecule has 0 saturated carbocycles. The normalized spacial score (nSPS) is 10.8. The maximum atomic E-state index is 11.9. The highest BCUT2D eigenvalue weighted by Crippen LogP contribution is 2.05. The summed E-state index contributed by atoms with van der Waals surface area (Å²) in [5, 5.41) is 0. The van der Waals surface area contributed by atoms with Crippen molar-refractivity contribution in [3.05, 3.63) is 0 Å². The lowest BCUT2D eigenvalue weighted by Crippen LogP contribution is -2.38. The Morgan fingerprint density at radius 3 is 2.56 bits per heavy atom. The van der Waals surface area contributed by atoms with Gasteiger partial charge in [0.15, 0.2) is 0 Å². The van der Waals surface area contributed by atoms with Crippen LogP contribution in [0.3, 0.4) is 0 Å². The molecule has 4 nitrogen and oxygen atoms in total. The quantitative estimate of drug-likeness (QED) is 0.609. The number of amides is 1. The Morgan fingerprint density at radius 2 is 2.06 bits per heavy atom. The zero-order valence-corrected chi connectivity index (χ0v) is 10.9. The van der Waals surface area contributed by atoms with E-state index < -0.39 is 0 Å². The zero-order valence-electron chi connectivity index (χ0n) is 10.9. The van der Waals surface area contributed by atoms with Crippen LogP contribution in [0.25, 0.3) is 0 Å². The third-order valence-electron chi connectivity index (χ3n) is 2.43. The van der Waals surface area contributed by atoms with E-state index in [-0.39, 0.29) is 11.9 Å². The summed E-state index contributed by atoms with van der Waals surface area (Å²) in [5.41, 5.74) is 5.46. The second-order valence-corrected chi connectivity index (χ2v) is 4.12. The summed E-state index contributed by atoms with van der Waals surface area (Å²) in [7, 11) is 0. The third-order valence-corrected chi connectivity index (χ3v) is 2.43. The minimum absolute atomic E-state index is 0.211. The Balaban J connectivity index is 3.87.